The number of hydrogen-bond acceptors (Lipinski definition) is 4. The number of carbonyl (C=O) groups is 2. The summed E-state index contributed by atoms with van der Waals surface area (Å²) in [5, 5.41) is 21.3. The summed E-state index contributed by atoms with van der Waals surface area (Å²) >= 11 is 0. The van der Waals surface area contributed by atoms with Crippen molar-refractivity contribution in [2.45, 2.75) is 38.0 Å². The molecule has 1 aromatic rings. The van der Waals surface area contributed by atoms with Crippen LogP contribution in [0.4, 0.5) is 4.79 Å². The molecule has 0 spiro atoms. The van der Waals surface area contributed by atoms with Crippen LogP contribution < -0.4 is 5.32 Å². The Bertz CT molecular complexity index is 490. The molecule has 0 aliphatic heterocycles. The first-order valence-corrected chi connectivity index (χ1v) is 6.96. The van der Waals surface area contributed by atoms with Gasteiger partial charge in [0.1, 0.15) is 12.6 Å². The van der Waals surface area contributed by atoms with Crippen molar-refractivity contribution in [1.29, 1.82) is 0 Å². The lowest BCUT2D eigenvalue weighted by Gasteiger charge is -2.23. The number of benzene rings is 1. The zero-order valence-electron chi connectivity index (χ0n) is 11.6. The highest BCUT2D eigenvalue weighted by molar-refractivity contribution is 5.80. The fourth-order valence-electron chi connectivity index (χ4n) is 2.60. The predicted octanol–water partition coefficient (Wildman–Crippen LogP) is 1.53. The van der Waals surface area contributed by atoms with E-state index < -0.39 is 30.1 Å². The van der Waals surface area contributed by atoms with Crippen LogP contribution in [0.2, 0.25) is 0 Å². The molecule has 0 heterocycles. The number of aliphatic hydroxyl groups excluding tert-OH is 1. The molecule has 2 rings (SSSR count). The van der Waals surface area contributed by atoms with Crippen LogP contribution in [0.15, 0.2) is 30.3 Å². The largest absolute Gasteiger partial charge is 0.480 e. The summed E-state index contributed by atoms with van der Waals surface area (Å²) in [7, 11) is 0. The topological polar surface area (TPSA) is 95.9 Å². The highest BCUT2D eigenvalue weighted by Gasteiger charge is 2.38. The van der Waals surface area contributed by atoms with Crippen LogP contribution in [0.1, 0.15) is 24.8 Å². The standard InChI is InChI=1S/C15H19NO5/c17-12-8-4-7-11(12)13(14(18)19)16-15(20)21-9-10-5-2-1-3-6-10/h1-3,5-6,11-13,17H,4,7-9H2,(H,16,20)(H,18,19)/t11-,12?,13-/m0/s1. The molecule has 1 aromatic carbocycles. The summed E-state index contributed by atoms with van der Waals surface area (Å²) in [5.41, 5.74) is 0.820. The molecule has 6 nitrogen and oxygen atoms in total. The quantitative estimate of drug-likeness (QED) is 0.765. The maximum absolute atomic E-state index is 11.7. The Balaban J connectivity index is 1.88. The molecular weight excluding hydrogens is 274 g/mol. The number of amides is 1. The average Bonchev–Trinajstić information content (AvgIpc) is 2.89. The van der Waals surface area contributed by atoms with Crippen LogP contribution in [-0.2, 0) is 16.1 Å². The van der Waals surface area contributed by atoms with Crippen molar-refractivity contribution in [3.8, 4) is 0 Å². The van der Waals surface area contributed by atoms with Crippen molar-refractivity contribution in [2.24, 2.45) is 5.92 Å². The summed E-state index contributed by atoms with van der Waals surface area (Å²) in [6, 6.07) is 8.00. The Morgan fingerprint density at radius 1 is 1.29 bits per heavy atom. The summed E-state index contributed by atoms with van der Waals surface area (Å²) in [6.07, 6.45) is 0.425. The molecule has 0 aromatic heterocycles. The number of carbonyl (C=O) groups excluding carboxylic acids is 1. The third-order valence-electron chi connectivity index (χ3n) is 3.71. The lowest BCUT2D eigenvalue weighted by Crippen LogP contribution is -2.48. The SMILES string of the molecule is O=C(N[C@H](C(=O)O)[C@H]1CCCC1O)OCc1ccccc1. The van der Waals surface area contributed by atoms with Gasteiger partial charge in [-0.15, -0.1) is 0 Å². The van der Waals surface area contributed by atoms with Gasteiger partial charge in [0.2, 0.25) is 0 Å². The van der Waals surface area contributed by atoms with Crippen LogP contribution in [0.3, 0.4) is 0 Å². The number of ether oxygens (including phenoxy) is 1. The first-order chi connectivity index (χ1) is 10.1. The van der Waals surface area contributed by atoms with Gasteiger partial charge >= 0.3 is 12.1 Å². The van der Waals surface area contributed by atoms with E-state index in [1.807, 2.05) is 30.3 Å². The molecule has 3 N–H and O–H groups in total. The van der Waals surface area contributed by atoms with E-state index in [1.165, 1.54) is 0 Å². The van der Waals surface area contributed by atoms with E-state index in [-0.39, 0.29) is 6.61 Å². The maximum Gasteiger partial charge on any atom is 0.408 e. The summed E-state index contributed by atoms with van der Waals surface area (Å²) in [5.74, 6) is -1.62. The van der Waals surface area contributed by atoms with Crippen LogP contribution in [-0.4, -0.2) is 34.4 Å². The van der Waals surface area contributed by atoms with E-state index in [2.05, 4.69) is 5.32 Å². The molecule has 1 saturated carbocycles. The monoisotopic (exact) mass is 293 g/mol. The second-order valence-corrected chi connectivity index (χ2v) is 5.18. The number of alkyl carbamates (subject to hydrolysis) is 1. The zero-order valence-corrected chi connectivity index (χ0v) is 11.6. The highest BCUT2D eigenvalue weighted by Crippen LogP contribution is 2.28. The number of aliphatic hydroxyl groups is 1. The average molecular weight is 293 g/mol. The first kappa shape index (κ1) is 15.3. The van der Waals surface area contributed by atoms with Crippen LogP contribution in [0.5, 0.6) is 0 Å². The molecular formula is C15H19NO5. The normalized spacial score (nSPS) is 22.5. The summed E-state index contributed by atoms with van der Waals surface area (Å²) in [4.78, 5) is 23.0. The maximum atomic E-state index is 11.7. The molecule has 1 fully saturated rings. The smallest absolute Gasteiger partial charge is 0.408 e. The Morgan fingerprint density at radius 3 is 2.57 bits per heavy atom. The lowest BCUT2D eigenvalue weighted by atomic mass is 9.96. The summed E-state index contributed by atoms with van der Waals surface area (Å²) in [6.45, 7) is 0.0756. The van der Waals surface area contributed by atoms with E-state index in [1.54, 1.807) is 0 Å². The van der Waals surface area contributed by atoms with Gasteiger partial charge in [0.15, 0.2) is 0 Å². The molecule has 114 valence electrons. The molecule has 0 radical (unpaired) electrons. The molecule has 1 aliphatic rings. The number of carboxylic acid groups (broad SMARTS) is 1. The van der Waals surface area contributed by atoms with Crippen LogP contribution >= 0.6 is 0 Å². The lowest BCUT2D eigenvalue weighted by molar-refractivity contribution is -0.141. The Morgan fingerprint density at radius 2 is 2.00 bits per heavy atom. The minimum absolute atomic E-state index is 0.0756. The van der Waals surface area contributed by atoms with E-state index in [0.717, 1.165) is 12.0 Å². The van der Waals surface area contributed by atoms with Gasteiger partial charge < -0.3 is 20.3 Å². The van der Waals surface area contributed by atoms with Gasteiger partial charge in [-0.2, -0.15) is 0 Å². The Hall–Kier alpha value is -2.08. The van der Waals surface area contributed by atoms with Gasteiger partial charge in [-0.05, 0) is 18.4 Å². The number of hydrogen-bond donors (Lipinski definition) is 3. The van der Waals surface area contributed by atoms with Crippen molar-refractivity contribution < 1.29 is 24.5 Å². The first-order valence-electron chi connectivity index (χ1n) is 6.96. The van der Waals surface area contributed by atoms with Gasteiger partial charge in [-0.1, -0.05) is 36.8 Å². The minimum Gasteiger partial charge on any atom is -0.480 e. The molecule has 1 aliphatic carbocycles. The molecule has 3 atom stereocenters. The Labute approximate surface area is 122 Å². The van der Waals surface area contributed by atoms with Crippen molar-refractivity contribution in [3.05, 3.63) is 35.9 Å². The van der Waals surface area contributed by atoms with Gasteiger partial charge in [0.05, 0.1) is 6.10 Å². The highest BCUT2D eigenvalue weighted by atomic mass is 16.5. The number of carboxylic acids is 1. The van der Waals surface area contributed by atoms with Gasteiger partial charge in [-0.25, -0.2) is 9.59 Å². The third-order valence-corrected chi connectivity index (χ3v) is 3.71. The Kier molecular flexibility index (Phi) is 5.16. The zero-order chi connectivity index (χ0) is 15.2. The second-order valence-electron chi connectivity index (χ2n) is 5.18. The van der Waals surface area contributed by atoms with E-state index in [4.69, 9.17) is 4.74 Å². The van der Waals surface area contributed by atoms with Gasteiger partial charge in [0, 0.05) is 5.92 Å². The van der Waals surface area contributed by atoms with Gasteiger partial charge in [0.25, 0.3) is 0 Å². The van der Waals surface area contributed by atoms with Crippen LogP contribution in [0.25, 0.3) is 0 Å². The molecule has 6 heteroatoms. The number of rotatable bonds is 5. The number of nitrogens with one attached hydrogen (secondary N) is 1. The van der Waals surface area contributed by atoms with Crippen molar-refractivity contribution in [2.75, 3.05) is 0 Å². The van der Waals surface area contributed by atoms with E-state index in [0.29, 0.717) is 12.8 Å². The minimum atomic E-state index is -1.15. The molecule has 21 heavy (non-hydrogen) atoms. The third kappa shape index (κ3) is 4.19. The molecule has 0 saturated heterocycles. The molecule has 1 amide bonds. The van der Waals surface area contributed by atoms with Crippen molar-refractivity contribution in [3.63, 3.8) is 0 Å². The molecule has 0 bridgehead atoms. The summed E-state index contributed by atoms with van der Waals surface area (Å²) < 4.78 is 5.01. The van der Waals surface area contributed by atoms with E-state index >= 15 is 0 Å². The van der Waals surface area contributed by atoms with E-state index in [9.17, 15) is 19.8 Å². The van der Waals surface area contributed by atoms with Crippen LogP contribution in [0, 0.1) is 5.92 Å². The predicted molar refractivity (Wildman–Crippen MR) is 74.5 cm³/mol. The second kappa shape index (κ2) is 7.08. The fourth-order valence-corrected chi connectivity index (χ4v) is 2.60. The number of aliphatic carboxylic acids is 1. The van der Waals surface area contributed by atoms with Gasteiger partial charge in [-0.3, -0.25) is 0 Å². The fraction of sp³-hybridized carbons (Fsp3) is 0.467. The molecule has 1 unspecified atom stereocenters. The van der Waals surface area contributed by atoms with Crippen molar-refractivity contribution >= 4 is 12.1 Å². The van der Waals surface area contributed by atoms with Crippen molar-refractivity contribution in [1.82, 2.24) is 5.32 Å².